The van der Waals surface area contributed by atoms with E-state index in [0.717, 1.165) is 11.3 Å². The van der Waals surface area contributed by atoms with E-state index in [-0.39, 0.29) is 11.9 Å². The fraction of sp³-hybridized carbons (Fsp3) is 0.538. The topological polar surface area (TPSA) is 30.5 Å². The molecule has 3 nitrogen and oxygen atoms in total. The van der Waals surface area contributed by atoms with Crippen molar-refractivity contribution in [2.24, 2.45) is 0 Å². The highest BCUT2D eigenvalue weighted by Gasteiger charge is 2.28. The van der Waals surface area contributed by atoms with Crippen molar-refractivity contribution in [3.8, 4) is 0 Å². The first-order valence-electron chi connectivity index (χ1n) is 5.87. The summed E-state index contributed by atoms with van der Waals surface area (Å²) < 4.78 is 24.9. The predicted molar refractivity (Wildman–Crippen MR) is 72.2 cm³/mol. The van der Waals surface area contributed by atoms with E-state index in [4.69, 9.17) is 9.47 Å². The van der Waals surface area contributed by atoms with Gasteiger partial charge in [-0.05, 0) is 54.4 Å². The average molecular weight is 318 g/mol. The Bertz CT molecular complexity index is 441. The van der Waals surface area contributed by atoms with E-state index in [9.17, 15) is 4.39 Å². The van der Waals surface area contributed by atoms with E-state index in [2.05, 4.69) is 21.2 Å². The number of ether oxygens (including phenoxy) is 2. The Morgan fingerprint density at radius 3 is 2.56 bits per heavy atom. The summed E-state index contributed by atoms with van der Waals surface area (Å²) in [7, 11) is 0. The molecule has 0 aliphatic carbocycles. The van der Waals surface area contributed by atoms with Crippen LogP contribution in [0.25, 0.3) is 0 Å². The van der Waals surface area contributed by atoms with Gasteiger partial charge in [-0.1, -0.05) is 0 Å². The number of hydrogen-bond acceptors (Lipinski definition) is 3. The maximum atomic E-state index is 13.3. The quantitative estimate of drug-likeness (QED) is 0.906. The molecule has 1 aliphatic rings. The van der Waals surface area contributed by atoms with Crippen molar-refractivity contribution in [3.05, 3.63) is 28.0 Å². The van der Waals surface area contributed by atoms with Crippen molar-refractivity contribution in [1.29, 1.82) is 0 Å². The van der Waals surface area contributed by atoms with Gasteiger partial charge in [0, 0.05) is 5.69 Å². The second-order valence-corrected chi connectivity index (χ2v) is 5.80. The highest BCUT2D eigenvalue weighted by molar-refractivity contribution is 9.10. The van der Waals surface area contributed by atoms with Gasteiger partial charge in [-0.3, -0.25) is 0 Å². The third-order valence-electron chi connectivity index (χ3n) is 2.89. The Kier molecular flexibility index (Phi) is 3.94. The minimum absolute atomic E-state index is 0.0779. The summed E-state index contributed by atoms with van der Waals surface area (Å²) in [6.45, 7) is 6.79. The molecule has 1 heterocycles. The van der Waals surface area contributed by atoms with Crippen molar-refractivity contribution < 1.29 is 13.9 Å². The third-order valence-corrected chi connectivity index (χ3v) is 3.50. The van der Waals surface area contributed by atoms with Crippen LogP contribution in [-0.2, 0) is 9.47 Å². The molecule has 0 saturated carbocycles. The Balaban J connectivity index is 2.04. The summed E-state index contributed by atoms with van der Waals surface area (Å²) in [4.78, 5) is 0. The number of anilines is 1. The maximum Gasteiger partial charge on any atom is 0.162 e. The number of benzene rings is 1. The number of aryl methyl sites for hydroxylation is 1. The molecule has 0 atom stereocenters. The number of halogens is 2. The van der Waals surface area contributed by atoms with E-state index in [0.29, 0.717) is 17.7 Å². The van der Waals surface area contributed by atoms with E-state index in [1.165, 1.54) is 6.07 Å². The minimum atomic E-state index is -0.517. The fourth-order valence-corrected chi connectivity index (χ4v) is 2.14. The molecule has 1 saturated heterocycles. The van der Waals surface area contributed by atoms with Gasteiger partial charge >= 0.3 is 0 Å². The summed E-state index contributed by atoms with van der Waals surface area (Å²) >= 11 is 3.19. The summed E-state index contributed by atoms with van der Waals surface area (Å²) in [6.07, 6.45) is 0. The molecular formula is C13H17BrFNO2. The lowest BCUT2D eigenvalue weighted by Gasteiger charge is -2.35. The van der Waals surface area contributed by atoms with Crippen LogP contribution in [0.4, 0.5) is 10.1 Å². The highest BCUT2D eigenvalue weighted by Crippen LogP contribution is 2.26. The summed E-state index contributed by atoms with van der Waals surface area (Å²) in [5.41, 5.74) is 1.75. The second kappa shape index (κ2) is 5.15. The summed E-state index contributed by atoms with van der Waals surface area (Å²) in [6, 6.07) is 3.32. The molecule has 100 valence electrons. The van der Waals surface area contributed by atoms with E-state index < -0.39 is 5.79 Å². The van der Waals surface area contributed by atoms with Gasteiger partial charge in [0.15, 0.2) is 5.79 Å². The molecule has 1 aromatic rings. The van der Waals surface area contributed by atoms with Crippen molar-refractivity contribution >= 4 is 21.6 Å². The number of nitrogens with one attached hydrogen (secondary N) is 1. The molecule has 2 rings (SSSR count). The third kappa shape index (κ3) is 3.22. The van der Waals surface area contributed by atoms with Gasteiger partial charge in [-0.25, -0.2) is 4.39 Å². The smallest absolute Gasteiger partial charge is 0.162 e. The standard InChI is InChI=1S/C13H17BrFNO2/c1-8-4-11(15)10(14)5-12(8)16-9-6-17-13(2,3)18-7-9/h4-5,9,16H,6-7H2,1-3H3. The average Bonchev–Trinajstić information content (AvgIpc) is 2.28. The molecule has 0 aromatic heterocycles. The molecule has 1 N–H and O–H groups in total. The number of rotatable bonds is 2. The van der Waals surface area contributed by atoms with Crippen LogP contribution in [0.3, 0.4) is 0 Å². The first-order valence-corrected chi connectivity index (χ1v) is 6.67. The van der Waals surface area contributed by atoms with E-state index in [1.54, 1.807) is 6.07 Å². The van der Waals surface area contributed by atoms with Crippen molar-refractivity contribution in [2.75, 3.05) is 18.5 Å². The molecule has 1 aliphatic heterocycles. The molecule has 18 heavy (non-hydrogen) atoms. The van der Waals surface area contributed by atoms with Crippen LogP contribution in [0, 0.1) is 12.7 Å². The zero-order valence-corrected chi connectivity index (χ0v) is 12.3. The highest BCUT2D eigenvalue weighted by atomic mass is 79.9. The molecular weight excluding hydrogens is 301 g/mol. The van der Waals surface area contributed by atoms with Crippen LogP contribution in [0.15, 0.2) is 16.6 Å². The Morgan fingerprint density at radius 2 is 1.94 bits per heavy atom. The maximum absolute atomic E-state index is 13.3. The Labute approximate surface area is 115 Å². The van der Waals surface area contributed by atoms with Crippen LogP contribution < -0.4 is 5.32 Å². The molecule has 0 spiro atoms. The zero-order valence-electron chi connectivity index (χ0n) is 10.7. The predicted octanol–water partition coefficient (Wildman–Crippen LogP) is 3.46. The molecule has 0 amide bonds. The second-order valence-electron chi connectivity index (χ2n) is 4.94. The zero-order chi connectivity index (χ0) is 13.3. The Hall–Kier alpha value is -0.650. The first kappa shape index (κ1) is 13.8. The van der Waals surface area contributed by atoms with Gasteiger partial charge in [0.1, 0.15) is 5.82 Å². The molecule has 5 heteroatoms. The Morgan fingerprint density at radius 1 is 1.33 bits per heavy atom. The lowest BCUT2D eigenvalue weighted by molar-refractivity contribution is -0.247. The fourth-order valence-electron chi connectivity index (χ4n) is 1.80. The number of hydrogen-bond donors (Lipinski definition) is 1. The van der Waals surface area contributed by atoms with Crippen LogP contribution in [0.5, 0.6) is 0 Å². The molecule has 0 bridgehead atoms. The normalized spacial score (nSPS) is 19.8. The molecule has 0 unspecified atom stereocenters. The van der Waals surface area contributed by atoms with Gasteiger partial charge in [0.05, 0.1) is 23.7 Å². The molecule has 1 aromatic carbocycles. The first-order chi connectivity index (χ1) is 8.37. The minimum Gasteiger partial charge on any atom is -0.377 e. The van der Waals surface area contributed by atoms with Crippen LogP contribution in [0.1, 0.15) is 19.4 Å². The molecule has 0 radical (unpaired) electrons. The molecule has 1 fully saturated rings. The van der Waals surface area contributed by atoms with Crippen molar-refractivity contribution in [1.82, 2.24) is 0 Å². The van der Waals surface area contributed by atoms with Gasteiger partial charge in [-0.2, -0.15) is 0 Å². The van der Waals surface area contributed by atoms with Crippen LogP contribution in [0.2, 0.25) is 0 Å². The monoisotopic (exact) mass is 317 g/mol. The van der Waals surface area contributed by atoms with Gasteiger partial charge < -0.3 is 14.8 Å². The van der Waals surface area contributed by atoms with Crippen molar-refractivity contribution in [2.45, 2.75) is 32.6 Å². The van der Waals surface area contributed by atoms with Crippen LogP contribution >= 0.6 is 15.9 Å². The van der Waals surface area contributed by atoms with E-state index >= 15 is 0 Å². The largest absolute Gasteiger partial charge is 0.377 e. The van der Waals surface area contributed by atoms with Gasteiger partial charge in [0.2, 0.25) is 0 Å². The summed E-state index contributed by atoms with van der Waals surface area (Å²) in [5, 5.41) is 3.31. The SMILES string of the molecule is Cc1cc(F)c(Br)cc1NC1COC(C)(C)OC1. The summed E-state index contributed by atoms with van der Waals surface area (Å²) in [5.74, 6) is -0.772. The van der Waals surface area contributed by atoms with Gasteiger partial charge in [0.25, 0.3) is 0 Å². The van der Waals surface area contributed by atoms with Crippen molar-refractivity contribution in [3.63, 3.8) is 0 Å². The van der Waals surface area contributed by atoms with Crippen LogP contribution in [-0.4, -0.2) is 25.0 Å². The van der Waals surface area contributed by atoms with E-state index in [1.807, 2.05) is 20.8 Å². The lowest BCUT2D eigenvalue weighted by Crippen LogP contribution is -2.45. The van der Waals surface area contributed by atoms with Gasteiger partial charge in [-0.15, -0.1) is 0 Å². The lowest BCUT2D eigenvalue weighted by atomic mass is 10.1.